The summed E-state index contributed by atoms with van der Waals surface area (Å²) in [6.45, 7) is 2.17. The van der Waals surface area contributed by atoms with E-state index in [0.29, 0.717) is 35.1 Å². The van der Waals surface area contributed by atoms with E-state index in [1.807, 2.05) is 24.3 Å². The average Bonchev–Trinajstić information content (AvgIpc) is 3.08. The molecule has 7 nitrogen and oxygen atoms in total. The predicted octanol–water partition coefficient (Wildman–Crippen LogP) is 1.75. The van der Waals surface area contributed by atoms with Gasteiger partial charge in [0.1, 0.15) is 18.4 Å². The maximum Gasteiger partial charge on any atom is 0.183 e. The van der Waals surface area contributed by atoms with Gasteiger partial charge in [-0.1, -0.05) is 17.7 Å². The predicted molar refractivity (Wildman–Crippen MR) is 97.9 cm³/mol. The van der Waals surface area contributed by atoms with Crippen LogP contribution >= 0.6 is 11.6 Å². The molecule has 2 N–H and O–H groups in total. The number of hydrazine groups is 1. The first-order chi connectivity index (χ1) is 12.7. The summed E-state index contributed by atoms with van der Waals surface area (Å²) < 4.78 is 5.92. The first kappa shape index (κ1) is 17.0. The molecule has 3 atom stereocenters. The smallest absolute Gasteiger partial charge is 0.183 e. The van der Waals surface area contributed by atoms with E-state index < -0.39 is 0 Å². The Morgan fingerprint density at radius 2 is 2.19 bits per heavy atom. The Hall–Kier alpha value is -2.40. The molecule has 26 heavy (non-hydrogen) atoms. The number of benzene rings is 1. The van der Waals surface area contributed by atoms with Crippen LogP contribution in [0.15, 0.2) is 36.7 Å². The average molecular weight is 371 g/mol. The van der Waals surface area contributed by atoms with Crippen LogP contribution in [0.2, 0.25) is 5.02 Å². The Morgan fingerprint density at radius 3 is 3.04 bits per heavy atom. The molecule has 2 aromatic rings. The summed E-state index contributed by atoms with van der Waals surface area (Å²) in [6, 6.07) is 10.1. The summed E-state index contributed by atoms with van der Waals surface area (Å²) in [4.78, 5) is 10.6. The van der Waals surface area contributed by atoms with Crippen LogP contribution in [0.1, 0.15) is 12.1 Å². The Kier molecular flexibility index (Phi) is 4.89. The molecular weight excluding hydrogens is 352 g/mol. The van der Waals surface area contributed by atoms with Gasteiger partial charge in [0.05, 0.1) is 6.04 Å². The minimum absolute atomic E-state index is 0.156. The van der Waals surface area contributed by atoms with Crippen LogP contribution in [0.25, 0.3) is 0 Å². The second-order valence-corrected chi connectivity index (χ2v) is 6.95. The van der Waals surface area contributed by atoms with Gasteiger partial charge in [-0.05, 0) is 24.6 Å². The lowest BCUT2D eigenvalue weighted by molar-refractivity contribution is 0.236. The van der Waals surface area contributed by atoms with Gasteiger partial charge in [-0.2, -0.15) is 5.26 Å². The normalized spacial score (nSPS) is 24.8. The molecule has 4 rings (SSSR count). The SMILES string of the molecule is N#Cc1nccnc1N1CCC2NNC(COc3cccc(Cl)c3)C2C1. The van der Waals surface area contributed by atoms with Crippen molar-refractivity contribution in [3.05, 3.63) is 47.4 Å². The number of piperidine rings is 1. The maximum atomic E-state index is 9.29. The van der Waals surface area contributed by atoms with Crippen LogP contribution < -0.4 is 20.5 Å². The minimum Gasteiger partial charge on any atom is -0.492 e. The number of nitriles is 1. The van der Waals surface area contributed by atoms with Crippen molar-refractivity contribution < 1.29 is 4.74 Å². The lowest BCUT2D eigenvalue weighted by Crippen LogP contribution is -2.48. The molecule has 2 aliphatic rings. The zero-order valence-electron chi connectivity index (χ0n) is 14.1. The third-order valence-electron chi connectivity index (χ3n) is 4.94. The van der Waals surface area contributed by atoms with E-state index in [1.165, 1.54) is 0 Å². The van der Waals surface area contributed by atoms with E-state index in [9.17, 15) is 5.26 Å². The van der Waals surface area contributed by atoms with Gasteiger partial charge in [0, 0.05) is 42.5 Å². The second kappa shape index (κ2) is 7.46. The zero-order valence-corrected chi connectivity index (χ0v) is 14.9. The van der Waals surface area contributed by atoms with Gasteiger partial charge in [-0.25, -0.2) is 9.97 Å². The fourth-order valence-electron chi connectivity index (χ4n) is 3.63. The van der Waals surface area contributed by atoms with Crippen molar-refractivity contribution in [3.8, 4) is 11.8 Å². The number of nitrogens with zero attached hydrogens (tertiary/aromatic N) is 4. The fraction of sp³-hybridized carbons (Fsp3) is 0.389. The van der Waals surface area contributed by atoms with Crippen molar-refractivity contribution >= 4 is 17.4 Å². The van der Waals surface area contributed by atoms with Gasteiger partial charge < -0.3 is 9.64 Å². The van der Waals surface area contributed by atoms with Gasteiger partial charge in [0.25, 0.3) is 0 Å². The largest absolute Gasteiger partial charge is 0.492 e. The summed E-state index contributed by atoms with van der Waals surface area (Å²) in [5.41, 5.74) is 7.09. The molecule has 0 bridgehead atoms. The lowest BCUT2D eigenvalue weighted by atomic mass is 9.88. The summed E-state index contributed by atoms with van der Waals surface area (Å²) in [6.07, 6.45) is 4.15. The molecule has 8 heteroatoms. The summed E-state index contributed by atoms with van der Waals surface area (Å²) in [5.74, 6) is 1.77. The zero-order chi connectivity index (χ0) is 17.9. The molecule has 0 radical (unpaired) electrons. The van der Waals surface area contributed by atoms with Crippen LogP contribution in [0, 0.1) is 17.2 Å². The molecule has 2 saturated heterocycles. The highest BCUT2D eigenvalue weighted by atomic mass is 35.5. The van der Waals surface area contributed by atoms with Crippen LogP contribution in [0.4, 0.5) is 5.82 Å². The molecule has 134 valence electrons. The fourth-order valence-corrected chi connectivity index (χ4v) is 3.81. The molecule has 3 unspecified atom stereocenters. The Balaban J connectivity index is 1.44. The number of anilines is 1. The van der Waals surface area contributed by atoms with Crippen molar-refractivity contribution in [3.63, 3.8) is 0 Å². The molecule has 0 amide bonds. The molecule has 2 aliphatic heterocycles. The maximum absolute atomic E-state index is 9.29. The standard InChI is InChI=1S/C18H19ClN6O/c19-12-2-1-3-13(8-12)26-11-17-14-10-25(7-4-15(14)23-24-17)18-16(9-20)21-5-6-22-18/h1-3,5-6,8,14-15,17,23-24H,4,7,10-11H2. The molecule has 2 fully saturated rings. The van der Waals surface area contributed by atoms with E-state index in [4.69, 9.17) is 16.3 Å². The monoisotopic (exact) mass is 370 g/mol. The molecule has 1 aromatic heterocycles. The number of fused-ring (bicyclic) bond motifs is 1. The Bertz CT molecular complexity index is 825. The van der Waals surface area contributed by atoms with Gasteiger partial charge in [0.2, 0.25) is 0 Å². The van der Waals surface area contributed by atoms with Crippen molar-refractivity contribution in [2.45, 2.75) is 18.5 Å². The quantitative estimate of drug-likeness (QED) is 0.847. The number of rotatable bonds is 4. The first-order valence-electron chi connectivity index (χ1n) is 8.60. The van der Waals surface area contributed by atoms with Crippen molar-refractivity contribution in [2.75, 3.05) is 24.6 Å². The van der Waals surface area contributed by atoms with Gasteiger partial charge in [-0.3, -0.25) is 10.9 Å². The number of hydrogen-bond donors (Lipinski definition) is 2. The van der Waals surface area contributed by atoms with Crippen molar-refractivity contribution in [1.82, 2.24) is 20.8 Å². The van der Waals surface area contributed by atoms with Crippen LogP contribution in [0.5, 0.6) is 5.75 Å². The Labute approximate surface area is 156 Å². The number of hydrogen-bond acceptors (Lipinski definition) is 7. The van der Waals surface area contributed by atoms with E-state index >= 15 is 0 Å². The van der Waals surface area contributed by atoms with Gasteiger partial charge in [0.15, 0.2) is 11.5 Å². The summed E-state index contributed by atoms with van der Waals surface area (Å²) >= 11 is 6.01. The van der Waals surface area contributed by atoms with E-state index in [1.54, 1.807) is 12.4 Å². The van der Waals surface area contributed by atoms with Crippen molar-refractivity contribution in [2.24, 2.45) is 5.92 Å². The lowest BCUT2D eigenvalue weighted by Gasteiger charge is -2.36. The topological polar surface area (TPSA) is 86.1 Å². The van der Waals surface area contributed by atoms with Gasteiger partial charge >= 0.3 is 0 Å². The molecule has 0 aliphatic carbocycles. The van der Waals surface area contributed by atoms with E-state index in [-0.39, 0.29) is 6.04 Å². The molecular formula is C18H19ClN6O. The molecule has 1 aromatic carbocycles. The highest BCUT2D eigenvalue weighted by molar-refractivity contribution is 6.30. The second-order valence-electron chi connectivity index (χ2n) is 6.51. The Morgan fingerprint density at radius 1 is 1.31 bits per heavy atom. The molecule has 0 spiro atoms. The van der Waals surface area contributed by atoms with Gasteiger partial charge in [-0.15, -0.1) is 0 Å². The van der Waals surface area contributed by atoms with E-state index in [2.05, 4.69) is 31.8 Å². The third-order valence-corrected chi connectivity index (χ3v) is 5.17. The number of aromatic nitrogens is 2. The van der Waals surface area contributed by atoms with Crippen LogP contribution in [0.3, 0.4) is 0 Å². The number of ether oxygens (including phenoxy) is 1. The highest BCUT2D eigenvalue weighted by Gasteiger charge is 2.40. The summed E-state index contributed by atoms with van der Waals surface area (Å²) in [7, 11) is 0. The number of halogens is 1. The first-order valence-corrected chi connectivity index (χ1v) is 8.98. The third kappa shape index (κ3) is 3.44. The van der Waals surface area contributed by atoms with E-state index in [0.717, 1.165) is 25.3 Å². The molecule has 3 heterocycles. The van der Waals surface area contributed by atoms with Crippen LogP contribution in [-0.4, -0.2) is 41.7 Å². The van der Waals surface area contributed by atoms with Crippen molar-refractivity contribution in [1.29, 1.82) is 5.26 Å². The van der Waals surface area contributed by atoms with Crippen LogP contribution in [-0.2, 0) is 0 Å². The number of nitrogens with one attached hydrogen (secondary N) is 2. The highest BCUT2D eigenvalue weighted by Crippen LogP contribution is 2.28. The molecule has 0 saturated carbocycles. The summed E-state index contributed by atoms with van der Waals surface area (Å²) in [5, 5.41) is 9.95. The minimum atomic E-state index is 0.156.